The summed E-state index contributed by atoms with van der Waals surface area (Å²) in [5.41, 5.74) is 0.0459. The van der Waals surface area contributed by atoms with Gasteiger partial charge in [0.15, 0.2) is 11.5 Å². The molecule has 0 saturated heterocycles. The fourth-order valence-corrected chi connectivity index (χ4v) is 5.76. The van der Waals surface area contributed by atoms with E-state index in [1.807, 2.05) is 0 Å². The van der Waals surface area contributed by atoms with Crippen LogP contribution in [0.1, 0.15) is 61.2 Å². The number of hydrogen-bond acceptors (Lipinski definition) is 10. The molecule has 248 valence electrons. The molecule has 14 heteroatoms. The molecule has 1 heterocycles. The van der Waals surface area contributed by atoms with E-state index in [-0.39, 0.29) is 46.0 Å². The number of carbonyl (C=O) groups excluding carboxylic acids is 2. The largest absolute Gasteiger partial charge is 0.493 e. The Balaban J connectivity index is 1.74. The van der Waals surface area contributed by atoms with Gasteiger partial charge in [-0.15, -0.1) is 0 Å². The minimum absolute atomic E-state index is 0.000485. The van der Waals surface area contributed by atoms with Gasteiger partial charge < -0.3 is 23.7 Å². The number of methoxy groups -OCH3 is 2. The van der Waals surface area contributed by atoms with Crippen LogP contribution in [0.25, 0.3) is 0 Å². The zero-order chi connectivity index (χ0) is 33.8. The van der Waals surface area contributed by atoms with Crippen LogP contribution < -0.4 is 18.5 Å². The number of carbonyl (C=O) groups is 2. The van der Waals surface area contributed by atoms with Crippen molar-refractivity contribution in [1.29, 1.82) is 0 Å². The summed E-state index contributed by atoms with van der Waals surface area (Å²) in [6, 6.07) is 9.09. The van der Waals surface area contributed by atoms with Crippen molar-refractivity contribution in [3.63, 3.8) is 0 Å². The van der Waals surface area contributed by atoms with Gasteiger partial charge in [0.25, 0.3) is 0 Å². The third kappa shape index (κ3) is 8.95. The number of hydrogen-bond donors (Lipinski definition) is 0. The average molecular weight is 696 g/mol. The molecular weight excluding hydrogens is 659 g/mol. The van der Waals surface area contributed by atoms with E-state index >= 15 is 0 Å². The Morgan fingerprint density at radius 3 is 2.20 bits per heavy atom. The van der Waals surface area contributed by atoms with Crippen molar-refractivity contribution in [3.8, 4) is 17.2 Å². The van der Waals surface area contributed by atoms with Gasteiger partial charge in [0.2, 0.25) is 10.0 Å². The summed E-state index contributed by atoms with van der Waals surface area (Å²) in [5, 5.41) is 0.578. The zero-order valence-corrected chi connectivity index (χ0v) is 28.7. The zero-order valence-electron chi connectivity index (χ0n) is 26.3. The van der Waals surface area contributed by atoms with Crippen molar-refractivity contribution in [2.45, 2.75) is 51.7 Å². The molecule has 1 fully saturated rings. The second-order valence-corrected chi connectivity index (χ2v) is 14.4. The maximum Gasteiger partial charge on any atom is 0.429 e. The lowest BCUT2D eigenvalue weighted by molar-refractivity contribution is 0.0296. The number of halogens is 2. The second kappa shape index (κ2) is 14.4. The van der Waals surface area contributed by atoms with Crippen molar-refractivity contribution in [2.24, 2.45) is 5.92 Å². The number of pyridine rings is 1. The van der Waals surface area contributed by atoms with Gasteiger partial charge in [-0.3, -0.25) is 4.98 Å². The van der Waals surface area contributed by atoms with Crippen molar-refractivity contribution in [2.75, 3.05) is 31.4 Å². The molecule has 1 aliphatic carbocycles. The SMILES string of the molecule is COc1ccc(C(Cc2c(Cl)cncc2Cl)OC(=O)c2ccc(N(C(=O)OC(C)(C)C)S(C)(=O)=O)c(OCC3CC3)c2)cc1OC. The standard InChI is InChI=1S/C32H36Cl2N2O9S/c1-32(2,3)45-31(38)36(46(6,39)40)25-11-9-21(14-28(25)43-18-19-7-8-19)30(37)44-27(15-22-23(33)16-35-17-24(22)34)20-10-12-26(41-4)29(13-20)42-5/h9-14,16-17,19,27H,7-8,15,18H2,1-6H3. The van der Waals surface area contributed by atoms with E-state index in [2.05, 4.69) is 4.98 Å². The molecule has 11 nitrogen and oxygen atoms in total. The van der Waals surface area contributed by atoms with Crippen molar-refractivity contribution < 1.29 is 41.7 Å². The van der Waals surface area contributed by atoms with Gasteiger partial charge in [-0.25, -0.2) is 18.0 Å². The van der Waals surface area contributed by atoms with Crippen LogP contribution in [0.2, 0.25) is 10.0 Å². The third-order valence-corrected chi connectivity index (χ3v) is 8.51. The Labute approximate surface area is 278 Å². The smallest absolute Gasteiger partial charge is 0.429 e. The fraction of sp³-hybridized carbons (Fsp3) is 0.406. The lowest BCUT2D eigenvalue weighted by Crippen LogP contribution is -2.40. The van der Waals surface area contributed by atoms with Crippen LogP contribution >= 0.6 is 23.2 Å². The van der Waals surface area contributed by atoms with Gasteiger partial charge in [-0.05, 0) is 81.0 Å². The Hall–Kier alpha value is -3.74. The first-order valence-electron chi connectivity index (χ1n) is 14.3. The van der Waals surface area contributed by atoms with E-state index in [9.17, 15) is 18.0 Å². The molecular formula is C32H36Cl2N2O9S. The molecule has 3 aromatic rings. The maximum absolute atomic E-state index is 13.7. The molecule has 0 aliphatic heterocycles. The number of anilines is 1. The number of esters is 1. The molecule has 4 rings (SSSR count). The molecule has 1 aromatic heterocycles. The van der Waals surface area contributed by atoms with Crippen molar-refractivity contribution >= 4 is 51.0 Å². The van der Waals surface area contributed by atoms with Crippen LogP contribution in [-0.4, -0.2) is 58.1 Å². The highest BCUT2D eigenvalue weighted by Crippen LogP contribution is 2.38. The minimum atomic E-state index is -4.17. The molecule has 1 unspecified atom stereocenters. The Morgan fingerprint density at radius 2 is 1.63 bits per heavy atom. The molecule has 1 atom stereocenters. The van der Waals surface area contributed by atoms with E-state index in [4.69, 9.17) is 46.9 Å². The average Bonchev–Trinajstić information content (AvgIpc) is 3.80. The topological polar surface area (TPSA) is 131 Å². The van der Waals surface area contributed by atoms with Crippen LogP contribution in [0.15, 0.2) is 48.8 Å². The van der Waals surface area contributed by atoms with Gasteiger partial charge >= 0.3 is 12.1 Å². The fourth-order valence-electron chi connectivity index (χ4n) is 4.43. The number of sulfonamides is 1. The summed E-state index contributed by atoms with van der Waals surface area (Å²) in [4.78, 5) is 30.8. The van der Waals surface area contributed by atoms with Crippen molar-refractivity contribution in [1.82, 2.24) is 4.98 Å². The van der Waals surface area contributed by atoms with Crippen LogP contribution in [-0.2, 0) is 25.9 Å². The molecule has 0 radical (unpaired) electrons. The van der Waals surface area contributed by atoms with Crippen LogP contribution in [0.3, 0.4) is 0 Å². The highest BCUT2D eigenvalue weighted by molar-refractivity contribution is 7.92. The van der Waals surface area contributed by atoms with Gasteiger partial charge in [-0.1, -0.05) is 29.3 Å². The Bertz CT molecular complexity index is 1690. The van der Waals surface area contributed by atoms with E-state index in [1.54, 1.807) is 39.0 Å². The van der Waals surface area contributed by atoms with E-state index in [0.717, 1.165) is 19.1 Å². The predicted molar refractivity (Wildman–Crippen MR) is 174 cm³/mol. The molecule has 2 aromatic carbocycles. The number of amides is 1. The number of benzene rings is 2. The van der Waals surface area contributed by atoms with Gasteiger partial charge in [0.1, 0.15) is 23.1 Å². The first-order chi connectivity index (χ1) is 21.6. The van der Waals surface area contributed by atoms with Crippen molar-refractivity contribution in [3.05, 3.63) is 75.5 Å². The third-order valence-electron chi connectivity index (χ3n) is 6.85. The van der Waals surface area contributed by atoms with Gasteiger partial charge in [0, 0.05) is 18.8 Å². The second-order valence-electron chi connectivity index (χ2n) is 11.7. The number of rotatable bonds is 12. The highest BCUT2D eigenvalue weighted by Gasteiger charge is 2.34. The molecule has 1 saturated carbocycles. The van der Waals surface area contributed by atoms with Crippen LogP contribution in [0.5, 0.6) is 17.2 Å². The molecule has 1 aliphatic rings. The molecule has 0 bridgehead atoms. The minimum Gasteiger partial charge on any atom is -0.493 e. The summed E-state index contributed by atoms with van der Waals surface area (Å²) in [6.07, 6.45) is 3.74. The molecule has 0 spiro atoms. The number of ether oxygens (including phenoxy) is 5. The number of nitrogens with zero attached hydrogens (tertiary/aromatic N) is 2. The van der Waals surface area contributed by atoms with Crippen LogP contribution in [0.4, 0.5) is 10.5 Å². The predicted octanol–water partition coefficient (Wildman–Crippen LogP) is 7.04. The molecule has 1 amide bonds. The Morgan fingerprint density at radius 1 is 0.978 bits per heavy atom. The number of aromatic nitrogens is 1. The Kier molecular flexibility index (Phi) is 11.0. The summed E-state index contributed by atoms with van der Waals surface area (Å²) >= 11 is 12.8. The lowest BCUT2D eigenvalue weighted by Gasteiger charge is -2.27. The summed E-state index contributed by atoms with van der Waals surface area (Å²) in [5.74, 6) is 0.412. The maximum atomic E-state index is 13.7. The lowest BCUT2D eigenvalue weighted by atomic mass is 10.0. The van der Waals surface area contributed by atoms with E-state index in [1.165, 1.54) is 44.8 Å². The molecule has 46 heavy (non-hydrogen) atoms. The van der Waals surface area contributed by atoms with Gasteiger partial charge in [0.05, 0.1) is 42.7 Å². The first kappa shape index (κ1) is 35.1. The monoisotopic (exact) mass is 694 g/mol. The van der Waals surface area contributed by atoms with Gasteiger partial charge in [-0.2, -0.15) is 4.31 Å². The highest BCUT2D eigenvalue weighted by atomic mass is 35.5. The molecule has 0 N–H and O–H groups in total. The van der Waals surface area contributed by atoms with E-state index in [0.29, 0.717) is 26.9 Å². The normalized spacial score (nSPS) is 13.8. The summed E-state index contributed by atoms with van der Waals surface area (Å²) in [6.45, 7) is 5.13. The van der Waals surface area contributed by atoms with Crippen LogP contribution in [0, 0.1) is 5.92 Å². The summed E-state index contributed by atoms with van der Waals surface area (Å²) in [7, 11) is -1.18. The summed E-state index contributed by atoms with van der Waals surface area (Å²) < 4.78 is 54.4. The first-order valence-corrected chi connectivity index (χ1v) is 16.9. The quantitative estimate of drug-likeness (QED) is 0.182. The van der Waals surface area contributed by atoms with E-state index < -0.39 is 33.8 Å².